The largest absolute Gasteiger partial charge is 0.480 e. The van der Waals surface area contributed by atoms with E-state index < -0.39 is 12.6 Å². The van der Waals surface area contributed by atoms with Gasteiger partial charge in [0.1, 0.15) is 18.9 Å². The minimum atomic E-state index is -1.03. The zero-order valence-corrected chi connectivity index (χ0v) is 7.68. The van der Waals surface area contributed by atoms with Crippen LogP contribution in [0.3, 0.4) is 0 Å². The van der Waals surface area contributed by atoms with E-state index in [-0.39, 0.29) is 17.3 Å². The van der Waals surface area contributed by atoms with Crippen LogP contribution in [-0.4, -0.2) is 20.9 Å². The van der Waals surface area contributed by atoms with Crippen molar-refractivity contribution in [2.24, 2.45) is 0 Å². The topological polar surface area (TPSA) is 55.1 Å². The second-order valence-electron chi connectivity index (χ2n) is 2.53. The Bertz CT molecular complexity index is 337. The maximum atomic E-state index is 12.2. The summed E-state index contributed by atoms with van der Waals surface area (Å²) < 4.78 is 13.4. The molecule has 1 heterocycles. The molecular formula is C7H8ClFN2O2. The number of carbonyl (C=O) groups is 1. The molecule has 4 nitrogen and oxygen atoms in total. The van der Waals surface area contributed by atoms with Gasteiger partial charge in [-0.1, -0.05) is 11.6 Å². The van der Waals surface area contributed by atoms with Crippen molar-refractivity contribution in [2.45, 2.75) is 20.1 Å². The smallest absolute Gasteiger partial charge is 0.325 e. The third kappa shape index (κ3) is 1.98. The van der Waals surface area contributed by atoms with Crippen molar-refractivity contribution in [3.05, 3.63) is 16.4 Å². The molecule has 0 aromatic carbocycles. The number of hydrogen-bond acceptors (Lipinski definition) is 2. The number of nitrogens with zero attached hydrogens (tertiary/aromatic N) is 2. The molecule has 0 aliphatic heterocycles. The SMILES string of the molecule is Cc1c(Cl)c(CF)nn1CC(=O)O. The maximum absolute atomic E-state index is 12.2. The summed E-state index contributed by atoms with van der Waals surface area (Å²) >= 11 is 5.68. The number of hydrogen-bond donors (Lipinski definition) is 1. The van der Waals surface area contributed by atoms with E-state index in [0.29, 0.717) is 5.69 Å². The van der Waals surface area contributed by atoms with Gasteiger partial charge in [-0.2, -0.15) is 5.10 Å². The van der Waals surface area contributed by atoms with Crippen molar-refractivity contribution >= 4 is 17.6 Å². The first-order chi connectivity index (χ1) is 6.06. The second-order valence-corrected chi connectivity index (χ2v) is 2.91. The Balaban J connectivity index is 3.02. The van der Waals surface area contributed by atoms with Crippen LogP contribution in [0.5, 0.6) is 0 Å². The molecule has 0 saturated carbocycles. The standard InChI is InChI=1S/C7H8ClFN2O2/c1-4-7(8)5(2-9)10-11(4)3-6(12)13/h2-3H2,1H3,(H,12,13). The number of halogens is 2. The minimum absolute atomic E-state index is 0.0837. The van der Waals surface area contributed by atoms with Gasteiger partial charge >= 0.3 is 5.97 Å². The summed E-state index contributed by atoms with van der Waals surface area (Å²) in [5.41, 5.74) is 0.553. The fourth-order valence-electron chi connectivity index (χ4n) is 0.954. The van der Waals surface area contributed by atoms with E-state index in [9.17, 15) is 9.18 Å². The summed E-state index contributed by atoms with van der Waals surface area (Å²) in [4.78, 5) is 10.3. The van der Waals surface area contributed by atoms with Crippen LogP contribution in [0, 0.1) is 6.92 Å². The van der Waals surface area contributed by atoms with Crippen molar-refractivity contribution in [1.82, 2.24) is 9.78 Å². The van der Waals surface area contributed by atoms with Crippen molar-refractivity contribution in [2.75, 3.05) is 0 Å². The van der Waals surface area contributed by atoms with Crippen LogP contribution >= 0.6 is 11.6 Å². The van der Waals surface area contributed by atoms with Crippen molar-refractivity contribution < 1.29 is 14.3 Å². The van der Waals surface area contributed by atoms with Crippen molar-refractivity contribution in [1.29, 1.82) is 0 Å². The normalized spacial score (nSPS) is 10.4. The van der Waals surface area contributed by atoms with Crippen LogP contribution in [0.4, 0.5) is 4.39 Å². The highest BCUT2D eigenvalue weighted by Gasteiger charge is 2.13. The minimum Gasteiger partial charge on any atom is -0.480 e. The van der Waals surface area contributed by atoms with Crippen molar-refractivity contribution in [3.63, 3.8) is 0 Å². The summed E-state index contributed by atoms with van der Waals surface area (Å²) in [6, 6.07) is 0. The molecular weight excluding hydrogens is 199 g/mol. The Hall–Kier alpha value is -1.10. The lowest BCUT2D eigenvalue weighted by Crippen LogP contribution is -2.11. The van der Waals surface area contributed by atoms with Crippen LogP contribution in [0.1, 0.15) is 11.4 Å². The molecule has 0 atom stereocenters. The lowest BCUT2D eigenvalue weighted by atomic mass is 10.4. The van der Waals surface area contributed by atoms with E-state index in [4.69, 9.17) is 16.7 Å². The molecule has 0 aliphatic carbocycles. The van der Waals surface area contributed by atoms with Gasteiger partial charge in [-0.05, 0) is 6.92 Å². The molecule has 0 fully saturated rings. The van der Waals surface area contributed by atoms with Crippen LogP contribution < -0.4 is 0 Å². The first-order valence-corrected chi connectivity index (χ1v) is 3.93. The summed E-state index contributed by atoms with van der Waals surface area (Å²) in [5.74, 6) is -1.03. The number of carboxylic acid groups (broad SMARTS) is 1. The van der Waals surface area contributed by atoms with E-state index in [2.05, 4.69) is 5.10 Å². The Morgan fingerprint density at radius 2 is 2.38 bits per heavy atom. The van der Waals surface area contributed by atoms with E-state index in [1.54, 1.807) is 6.92 Å². The lowest BCUT2D eigenvalue weighted by molar-refractivity contribution is -0.137. The fraction of sp³-hybridized carbons (Fsp3) is 0.429. The van der Waals surface area contributed by atoms with Crippen LogP contribution in [-0.2, 0) is 18.0 Å². The predicted octanol–water partition coefficient (Wildman–Crippen LogP) is 1.40. The van der Waals surface area contributed by atoms with Gasteiger partial charge in [-0.3, -0.25) is 9.48 Å². The molecule has 1 N–H and O–H groups in total. The summed E-state index contributed by atoms with van der Waals surface area (Å²) in [6.07, 6.45) is 0. The number of carboxylic acids is 1. The van der Waals surface area contributed by atoms with Gasteiger partial charge in [-0.15, -0.1) is 0 Å². The first kappa shape index (κ1) is 9.98. The Morgan fingerprint density at radius 3 is 2.77 bits per heavy atom. The highest BCUT2D eigenvalue weighted by molar-refractivity contribution is 6.31. The molecule has 0 spiro atoms. The maximum Gasteiger partial charge on any atom is 0.325 e. The molecule has 0 unspecified atom stereocenters. The van der Waals surface area contributed by atoms with Gasteiger partial charge in [0.2, 0.25) is 0 Å². The third-order valence-corrected chi connectivity index (χ3v) is 2.10. The van der Waals surface area contributed by atoms with Crippen molar-refractivity contribution in [3.8, 4) is 0 Å². The summed E-state index contributed by atoms with van der Waals surface area (Å²) in [5, 5.41) is 12.4. The lowest BCUT2D eigenvalue weighted by Gasteiger charge is -1.97. The zero-order valence-electron chi connectivity index (χ0n) is 6.92. The van der Waals surface area contributed by atoms with E-state index in [1.165, 1.54) is 4.68 Å². The summed E-state index contributed by atoms with van der Waals surface area (Å²) in [7, 11) is 0. The molecule has 1 rings (SSSR count). The quantitative estimate of drug-likeness (QED) is 0.813. The molecule has 13 heavy (non-hydrogen) atoms. The molecule has 6 heteroatoms. The zero-order chi connectivity index (χ0) is 10.0. The van der Waals surface area contributed by atoms with Gasteiger partial charge in [0.25, 0.3) is 0 Å². The molecule has 0 bridgehead atoms. The molecule has 0 amide bonds. The second kappa shape index (κ2) is 3.74. The van der Waals surface area contributed by atoms with Gasteiger partial charge in [0, 0.05) is 0 Å². The first-order valence-electron chi connectivity index (χ1n) is 3.55. The predicted molar refractivity (Wildman–Crippen MR) is 44.4 cm³/mol. The Kier molecular flexibility index (Phi) is 2.87. The average molecular weight is 207 g/mol. The van der Waals surface area contributed by atoms with Gasteiger partial charge in [-0.25, -0.2) is 4.39 Å². The number of alkyl halides is 1. The van der Waals surface area contributed by atoms with Crippen LogP contribution in [0.15, 0.2) is 0 Å². The van der Waals surface area contributed by atoms with Crippen LogP contribution in [0.2, 0.25) is 5.02 Å². The molecule has 72 valence electrons. The molecule has 0 radical (unpaired) electrons. The van der Waals surface area contributed by atoms with E-state index >= 15 is 0 Å². The van der Waals surface area contributed by atoms with Crippen LogP contribution in [0.25, 0.3) is 0 Å². The third-order valence-electron chi connectivity index (χ3n) is 1.61. The molecule has 1 aromatic rings. The number of rotatable bonds is 3. The molecule has 1 aromatic heterocycles. The number of aliphatic carboxylic acids is 1. The van der Waals surface area contributed by atoms with E-state index in [0.717, 1.165) is 0 Å². The van der Waals surface area contributed by atoms with Gasteiger partial charge < -0.3 is 5.11 Å². The molecule has 0 saturated heterocycles. The van der Waals surface area contributed by atoms with Gasteiger partial charge in [0.05, 0.1) is 10.7 Å². The Morgan fingerprint density at radius 1 is 1.77 bits per heavy atom. The highest BCUT2D eigenvalue weighted by atomic mass is 35.5. The Labute approximate surface area is 78.9 Å². The van der Waals surface area contributed by atoms with E-state index in [1.807, 2.05) is 0 Å². The van der Waals surface area contributed by atoms with Gasteiger partial charge in [0.15, 0.2) is 0 Å². The molecule has 0 aliphatic rings. The fourth-order valence-corrected chi connectivity index (χ4v) is 1.14. The monoisotopic (exact) mass is 206 g/mol. The summed E-state index contributed by atoms with van der Waals surface area (Å²) in [6.45, 7) is 0.509. The average Bonchev–Trinajstić information content (AvgIpc) is 2.32. The highest BCUT2D eigenvalue weighted by Crippen LogP contribution is 2.20. The number of aromatic nitrogens is 2.